The van der Waals surface area contributed by atoms with Crippen molar-refractivity contribution in [3.8, 4) is 0 Å². The first-order chi connectivity index (χ1) is 18.0. The van der Waals surface area contributed by atoms with E-state index in [-0.39, 0.29) is 18.7 Å². The van der Waals surface area contributed by atoms with Crippen LogP contribution in [0.2, 0.25) is 0 Å². The Morgan fingerprint density at radius 2 is 1.62 bits per heavy atom. The number of fused-ring (bicyclic) bond motifs is 6. The van der Waals surface area contributed by atoms with Gasteiger partial charge < -0.3 is 13.7 Å². The van der Waals surface area contributed by atoms with Crippen molar-refractivity contribution in [2.24, 2.45) is 4.99 Å². The lowest BCUT2D eigenvalue weighted by Gasteiger charge is -2.06. The summed E-state index contributed by atoms with van der Waals surface area (Å²) in [4.78, 5) is 43.2. The monoisotopic (exact) mass is 508 g/mol. The van der Waals surface area contributed by atoms with E-state index in [1.165, 1.54) is 17.4 Å². The summed E-state index contributed by atoms with van der Waals surface area (Å²) in [5.74, 6) is -1.18. The van der Waals surface area contributed by atoms with Crippen LogP contribution in [-0.4, -0.2) is 23.1 Å². The Bertz CT molecular complexity index is 2000. The van der Waals surface area contributed by atoms with Crippen LogP contribution < -0.4 is 10.4 Å². The van der Waals surface area contributed by atoms with Crippen LogP contribution in [0.3, 0.4) is 0 Å². The molecule has 0 radical (unpaired) electrons. The van der Waals surface area contributed by atoms with Crippen molar-refractivity contribution in [2.75, 3.05) is 6.61 Å². The zero-order valence-electron chi connectivity index (χ0n) is 19.8. The van der Waals surface area contributed by atoms with Crippen molar-refractivity contribution in [1.82, 2.24) is 4.57 Å². The Kier molecular flexibility index (Phi) is 5.65. The fraction of sp³-hybridized carbons (Fsp3) is 0.103. The number of hydrogen-bond acceptors (Lipinski definition) is 6. The molecule has 37 heavy (non-hydrogen) atoms. The topological polar surface area (TPSA) is 90.9 Å². The van der Waals surface area contributed by atoms with E-state index >= 15 is 0 Å². The number of nitrogens with zero attached hydrogens (tertiary/aromatic N) is 2. The molecule has 0 aliphatic heterocycles. The predicted octanol–water partition coefficient (Wildman–Crippen LogP) is 5.42. The number of aromatic nitrogens is 1. The largest absolute Gasteiger partial charge is 0.465 e. The highest BCUT2D eigenvalue weighted by molar-refractivity contribution is 7.17. The van der Waals surface area contributed by atoms with Gasteiger partial charge in [0, 0.05) is 10.8 Å². The number of benzene rings is 4. The molecule has 2 heterocycles. The van der Waals surface area contributed by atoms with Crippen LogP contribution in [0.5, 0.6) is 0 Å². The second-order valence-electron chi connectivity index (χ2n) is 8.47. The second kappa shape index (κ2) is 9.15. The van der Waals surface area contributed by atoms with Gasteiger partial charge in [-0.15, -0.1) is 0 Å². The normalized spacial score (nSPS) is 12.1. The van der Waals surface area contributed by atoms with Gasteiger partial charge in [-0.2, -0.15) is 4.99 Å². The number of carbonyl (C=O) groups excluding carboxylic acids is 2. The summed E-state index contributed by atoms with van der Waals surface area (Å²) in [6.07, 6.45) is 0. The molecule has 2 aromatic heterocycles. The molecular formula is C29H20N2O5S. The minimum atomic E-state index is -0.764. The van der Waals surface area contributed by atoms with Crippen molar-refractivity contribution >= 4 is 65.9 Å². The average molecular weight is 509 g/mol. The molecule has 4 aromatic carbocycles. The van der Waals surface area contributed by atoms with Gasteiger partial charge in [-0.05, 0) is 41.3 Å². The summed E-state index contributed by atoms with van der Waals surface area (Å²) in [6.45, 7) is 1.86. The molecule has 7 nitrogen and oxygen atoms in total. The molecular weight excluding hydrogens is 488 g/mol. The predicted molar refractivity (Wildman–Crippen MR) is 144 cm³/mol. The maximum Gasteiger partial charge on any atom is 0.349 e. The number of esters is 1. The lowest BCUT2D eigenvalue weighted by molar-refractivity contribution is -0.143. The number of rotatable bonds is 4. The minimum absolute atomic E-state index is 0.116. The van der Waals surface area contributed by atoms with Crippen molar-refractivity contribution in [2.45, 2.75) is 13.5 Å². The first-order valence-electron chi connectivity index (χ1n) is 11.7. The Morgan fingerprint density at radius 3 is 2.41 bits per heavy atom. The summed E-state index contributed by atoms with van der Waals surface area (Å²) in [5.41, 5.74) is 0.208. The molecule has 0 atom stereocenters. The first kappa shape index (κ1) is 22.9. The lowest BCUT2D eigenvalue weighted by atomic mass is 10.0. The molecule has 0 bridgehead atoms. The van der Waals surface area contributed by atoms with E-state index in [4.69, 9.17) is 9.15 Å². The van der Waals surface area contributed by atoms with Gasteiger partial charge in [0.2, 0.25) is 0 Å². The maximum absolute atomic E-state index is 13.4. The highest BCUT2D eigenvalue weighted by atomic mass is 32.1. The smallest absolute Gasteiger partial charge is 0.349 e. The van der Waals surface area contributed by atoms with Gasteiger partial charge in [-0.3, -0.25) is 9.59 Å². The molecule has 0 N–H and O–H groups in total. The molecule has 0 saturated heterocycles. The van der Waals surface area contributed by atoms with Gasteiger partial charge in [-0.1, -0.05) is 72.0 Å². The number of carbonyl (C=O) groups is 2. The quantitative estimate of drug-likeness (QED) is 0.180. The molecule has 6 rings (SSSR count). The van der Waals surface area contributed by atoms with E-state index in [0.29, 0.717) is 15.8 Å². The molecule has 0 aliphatic rings. The molecule has 0 aliphatic carbocycles. The summed E-state index contributed by atoms with van der Waals surface area (Å²) in [7, 11) is 0. The molecule has 0 spiro atoms. The number of amides is 1. The summed E-state index contributed by atoms with van der Waals surface area (Å²) >= 11 is 1.28. The van der Waals surface area contributed by atoms with Gasteiger partial charge in [0.25, 0.3) is 5.91 Å². The van der Waals surface area contributed by atoms with E-state index < -0.39 is 17.5 Å². The molecule has 0 unspecified atom stereocenters. The standard InChI is InChI=1S/C29H20N2O5S/c1-2-35-25(32)16-31-23-13-11-18-8-4-6-10-20(18)26(23)37-29(31)30-27(33)22-15-21-19-9-5-3-7-17(19)12-14-24(21)36-28(22)34/h3-15H,2,16H2,1H3. The Morgan fingerprint density at radius 1 is 0.919 bits per heavy atom. The van der Waals surface area contributed by atoms with Crippen molar-refractivity contribution < 1.29 is 18.7 Å². The SMILES string of the molecule is CCOC(=O)Cn1c(=NC(=O)c2cc3c(ccc4ccccc43)oc2=O)sc2c3ccccc3ccc21. The van der Waals surface area contributed by atoms with Crippen LogP contribution in [0.4, 0.5) is 0 Å². The minimum Gasteiger partial charge on any atom is -0.465 e. The lowest BCUT2D eigenvalue weighted by Crippen LogP contribution is -2.24. The number of hydrogen-bond donors (Lipinski definition) is 0. The molecule has 6 aromatic rings. The van der Waals surface area contributed by atoms with Gasteiger partial charge in [0.05, 0.1) is 16.8 Å². The molecule has 0 saturated carbocycles. The van der Waals surface area contributed by atoms with Gasteiger partial charge in [0.1, 0.15) is 17.7 Å². The first-order valence-corrected chi connectivity index (χ1v) is 12.6. The van der Waals surface area contributed by atoms with Crippen LogP contribution in [0, 0.1) is 0 Å². The van der Waals surface area contributed by atoms with E-state index in [0.717, 1.165) is 31.8 Å². The Labute approximate surface area is 213 Å². The van der Waals surface area contributed by atoms with E-state index in [9.17, 15) is 14.4 Å². The summed E-state index contributed by atoms with van der Waals surface area (Å²) in [5, 5.41) is 4.48. The average Bonchev–Trinajstić information content (AvgIpc) is 3.25. The van der Waals surface area contributed by atoms with E-state index in [2.05, 4.69) is 4.99 Å². The highest BCUT2D eigenvalue weighted by Crippen LogP contribution is 2.28. The maximum atomic E-state index is 13.4. The highest BCUT2D eigenvalue weighted by Gasteiger charge is 2.18. The zero-order valence-corrected chi connectivity index (χ0v) is 20.6. The van der Waals surface area contributed by atoms with Crippen molar-refractivity contribution in [1.29, 1.82) is 0 Å². The zero-order chi connectivity index (χ0) is 25.5. The second-order valence-corrected chi connectivity index (χ2v) is 9.45. The summed E-state index contributed by atoms with van der Waals surface area (Å²) < 4.78 is 13.2. The Hall–Kier alpha value is -4.56. The van der Waals surface area contributed by atoms with Gasteiger partial charge >= 0.3 is 11.6 Å². The van der Waals surface area contributed by atoms with E-state index in [1.54, 1.807) is 17.6 Å². The van der Waals surface area contributed by atoms with Crippen molar-refractivity contribution in [3.05, 3.63) is 99.6 Å². The van der Waals surface area contributed by atoms with Crippen LogP contribution in [-0.2, 0) is 16.1 Å². The van der Waals surface area contributed by atoms with E-state index in [1.807, 2.05) is 66.7 Å². The third-order valence-corrected chi connectivity index (χ3v) is 7.36. The fourth-order valence-electron chi connectivity index (χ4n) is 4.54. The Balaban J connectivity index is 1.56. The number of thiazole rings is 1. The van der Waals surface area contributed by atoms with Crippen LogP contribution in [0.25, 0.3) is 42.7 Å². The van der Waals surface area contributed by atoms with Gasteiger partial charge in [0.15, 0.2) is 4.80 Å². The third-order valence-electron chi connectivity index (χ3n) is 6.24. The molecule has 182 valence electrons. The van der Waals surface area contributed by atoms with Crippen LogP contribution >= 0.6 is 11.3 Å². The van der Waals surface area contributed by atoms with Crippen LogP contribution in [0.1, 0.15) is 17.3 Å². The van der Waals surface area contributed by atoms with Crippen molar-refractivity contribution in [3.63, 3.8) is 0 Å². The van der Waals surface area contributed by atoms with Crippen LogP contribution in [0.15, 0.2) is 93.1 Å². The molecule has 0 fully saturated rings. The van der Waals surface area contributed by atoms with Gasteiger partial charge in [-0.25, -0.2) is 4.79 Å². The summed E-state index contributed by atoms with van der Waals surface area (Å²) in [6, 6.07) is 24.5. The number of ether oxygens (including phenoxy) is 1. The third kappa shape index (κ3) is 4.01. The fourth-order valence-corrected chi connectivity index (χ4v) is 5.70. The molecule has 1 amide bonds. The molecule has 8 heteroatoms.